The highest BCUT2D eigenvalue weighted by atomic mass is 15.3. The smallest absolute Gasteiger partial charge is 0.230 e. The van der Waals surface area contributed by atoms with Crippen LogP contribution in [0.4, 0.5) is 11.9 Å². The number of hydrogen-bond donors (Lipinski definition) is 1. The van der Waals surface area contributed by atoms with Gasteiger partial charge in [0.25, 0.3) is 0 Å². The van der Waals surface area contributed by atoms with Crippen LogP contribution in [0.1, 0.15) is 13.3 Å². The van der Waals surface area contributed by atoms with Gasteiger partial charge in [-0.2, -0.15) is 15.0 Å². The summed E-state index contributed by atoms with van der Waals surface area (Å²) >= 11 is 0. The van der Waals surface area contributed by atoms with E-state index in [1.54, 1.807) is 6.20 Å². The molecule has 100 valence electrons. The molecule has 2 aromatic heterocycles. The van der Waals surface area contributed by atoms with Gasteiger partial charge in [0, 0.05) is 26.8 Å². The van der Waals surface area contributed by atoms with Gasteiger partial charge in [-0.25, -0.2) is 0 Å². The normalized spacial score (nSPS) is 10.3. The highest BCUT2D eigenvalue weighted by molar-refractivity contribution is 5.53. The van der Waals surface area contributed by atoms with Crippen molar-refractivity contribution in [3.05, 3.63) is 24.4 Å². The molecule has 2 rings (SSSR count). The first-order chi connectivity index (χ1) is 9.20. The van der Waals surface area contributed by atoms with Gasteiger partial charge in [0.15, 0.2) is 5.82 Å². The number of nitrogens with zero attached hydrogens (tertiary/aromatic N) is 5. The molecule has 0 bridgehead atoms. The molecule has 0 aliphatic rings. The van der Waals surface area contributed by atoms with Crippen molar-refractivity contribution in [2.45, 2.75) is 13.3 Å². The molecule has 0 aromatic carbocycles. The lowest BCUT2D eigenvalue weighted by atomic mass is 10.3. The van der Waals surface area contributed by atoms with Gasteiger partial charge in [-0.05, 0) is 18.6 Å². The molecule has 6 nitrogen and oxygen atoms in total. The topological polar surface area (TPSA) is 66.8 Å². The summed E-state index contributed by atoms with van der Waals surface area (Å²) < 4.78 is 0. The fraction of sp³-hybridized carbons (Fsp3) is 0.385. The Morgan fingerprint density at radius 2 is 2.00 bits per heavy atom. The van der Waals surface area contributed by atoms with Crippen LogP contribution in [0.3, 0.4) is 0 Å². The first kappa shape index (κ1) is 13.2. The SMILES string of the molecule is CCCNc1nc(-c2ccccn2)nc(N(C)C)n1. The number of aromatic nitrogens is 4. The minimum Gasteiger partial charge on any atom is -0.354 e. The Balaban J connectivity index is 2.39. The summed E-state index contributed by atoms with van der Waals surface area (Å²) in [6.07, 6.45) is 2.75. The third-order valence-electron chi connectivity index (χ3n) is 2.45. The molecule has 0 saturated heterocycles. The average molecular weight is 258 g/mol. The molecule has 0 radical (unpaired) electrons. The van der Waals surface area contributed by atoms with Gasteiger partial charge in [0.1, 0.15) is 5.69 Å². The molecule has 6 heteroatoms. The fourth-order valence-corrected chi connectivity index (χ4v) is 1.49. The van der Waals surface area contributed by atoms with E-state index in [1.807, 2.05) is 37.2 Å². The fourth-order valence-electron chi connectivity index (χ4n) is 1.49. The van der Waals surface area contributed by atoms with Crippen LogP contribution in [0.15, 0.2) is 24.4 Å². The molecule has 0 aliphatic carbocycles. The lowest BCUT2D eigenvalue weighted by molar-refractivity contribution is 0.917. The van der Waals surface area contributed by atoms with E-state index in [-0.39, 0.29) is 0 Å². The molecule has 0 amide bonds. The summed E-state index contributed by atoms with van der Waals surface area (Å²) in [6.45, 7) is 2.93. The molecule has 0 atom stereocenters. The van der Waals surface area contributed by atoms with Crippen molar-refractivity contribution >= 4 is 11.9 Å². The van der Waals surface area contributed by atoms with E-state index in [2.05, 4.69) is 32.2 Å². The van der Waals surface area contributed by atoms with E-state index in [0.29, 0.717) is 17.7 Å². The summed E-state index contributed by atoms with van der Waals surface area (Å²) in [5.41, 5.74) is 0.743. The van der Waals surface area contributed by atoms with Crippen molar-refractivity contribution in [3.8, 4) is 11.5 Å². The van der Waals surface area contributed by atoms with Crippen LogP contribution in [0.2, 0.25) is 0 Å². The van der Waals surface area contributed by atoms with E-state index in [0.717, 1.165) is 18.7 Å². The zero-order valence-corrected chi connectivity index (χ0v) is 11.5. The van der Waals surface area contributed by atoms with Gasteiger partial charge in [0.05, 0.1) is 0 Å². The third kappa shape index (κ3) is 3.37. The molecule has 2 heterocycles. The minimum absolute atomic E-state index is 0.581. The van der Waals surface area contributed by atoms with E-state index in [9.17, 15) is 0 Å². The van der Waals surface area contributed by atoms with Crippen LogP contribution < -0.4 is 10.2 Å². The average Bonchev–Trinajstić information content (AvgIpc) is 2.45. The largest absolute Gasteiger partial charge is 0.354 e. The Morgan fingerprint density at radius 3 is 2.63 bits per heavy atom. The highest BCUT2D eigenvalue weighted by Crippen LogP contribution is 2.16. The molecule has 2 aromatic rings. The second-order valence-corrected chi connectivity index (χ2v) is 4.32. The molecular formula is C13H18N6. The summed E-state index contributed by atoms with van der Waals surface area (Å²) in [7, 11) is 3.81. The number of rotatable bonds is 5. The first-order valence-electron chi connectivity index (χ1n) is 6.29. The van der Waals surface area contributed by atoms with E-state index >= 15 is 0 Å². The van der Waals surface area contributed by atoms with Crippen LogP contribution in [-0.4, -0.2) is 40.6 Å². The van der Waals surface area contributed by atoms with Gasteiger partial charge in [0.2, 0.25) is 11.9 Å². The Hall–Kier alpha value is -2.24. The van der Waals surface area contributed by atoms with E-state index < -0.39 is 0 Å². The second-order valence-electron chi connectivity index (χ2n) is 4.32. The van der Waals surface area contributed by atoms with Crippen molar-refractivity contribution in [1.29, 1.82) is 0 Å². The Labute approximate surface area is 113 Å². The molecule has 0 aliphatic heterocycles. The summed E-state index contributed by atoms with van der Waals surface area (Å²) in [5, 5.41) is 3.18. The summed E-state index contributed by atoms with van der Waals surface area (Å²) in [5.74, 6) is 1.79. The maximum absolute atomic E-state index is 4.41. The van der Waals surface area contributed by atoms with Crippen molar-refractivity contribution in [3.63, 3.8) is 0 Å². The summed E-state index contributed by atoms with van der Waals surface area (Å²) in [4.78, 5) is 19.3. The van der Waals surface area contributed by atoms with Gasteiger partial charge in [-0.15, -0.1) is 0 Å². The lowest BCUT2D eigenvalue weighted by Gasteiger charge is -2.13. The Kier molecular flexibility index (Phi) is 4.22. The van der Waals surface area contributed by atoms with Gasteiger partial charge in [-0.1, -0.05) is 13.0 Å². The van der Waals surface area contributed by atoms with Crippen molar-refractivity contribution < 1.29 is 0 Å². The molecule has 0 unspecified atom stereocenters. The highest BCUT2D eigenvalue weighted by Gasteiger charge is 2.10. The van der Waals surface area contributed by atoms with Gasteiger partial charge < -0.3 is 10.2 Å². The van der Waals surface area contributed by atoms with Crippen LogP contribution >= 0.6 is 0 Å². The summed E-state index contributed by atoms with van der Waals surface area (Å²) in [6, 6.07) is 5.67. The Morgan fingerprint density at radius 1 is 1.16 bits per heavy atom. The van der Waals surface area contributed by atoms with Crippen molar-refractivity contribution in [1.82, 2.24) is 19.9 Å². The molecule has 1 N–H and O–H groups in total. The number of pyridine rings is 1. The molecular weight excluding hydrogens is 240 g/mol. The lowest BCUT2D eigenvalue weighted by Crippen LogP contribution is -2.16. The minimum atomic E-state index is 0.581. The van der Waals surface area contributed by atoms with Gasteiger partial charge >= 0.3 is 0 Å². The monoisotopic (exact) mass is 258 g/mol. The molecule has 0 fully saturated rings. The maximum Gasteiger partial charge on any atom is 0.230 e. The molecule has 0 spiro atoms. The van der Waals surface area contributed by atoms with Crippen LogP contribution in [0, 0.1) is 0 Å². The standard InChI is InChI=1S/C13H18N6/c1-4-8-15-12-16-11(10-7-5-6-9-14-10)17-13(18-12)19(2)3/h5-7,9H,4,8H2,1-3H3,(H,15,16,17,18). The van der Waals surface area contributed by atoms with E-state index in [1.165, 1.54) is 0 Å². The van der Waals surface area contributed by atoms with Gasteiger partial charge in [-0.3, -0.25) is 4.98 Å². The zero-order valence-electron chi connectivity index (χ0n) is 11.5. The quantitative estimate of drug-likeness (QED) is 0.882. The van der Waals surface area contributed by atoms with Crippen LogP contribution in [0.5, 0.6) is 0 Å². The predicted molar refractivity (Wildman–Crippen MR) is 76.2 cm³/mol. The van der Waals surface area contributed by atoms with Crippen LogP contribution in [0.25, 0.3) is 11.5 Å². The maximum atomic E-state index is 4.41. The predicted octanol–water partition coefficient (Wildman–Crippen LogP) is 1.82. The number of hydrogen-bond acceptors (Lipinski definition) is 6. The molecule has 0 saturated carbocycles. The third-order valence-corrected chi connectivity index (χ3v) is 2.45. The van der Waals surface area contributed by atoms with E-state index in [4.69, 9.17) is 0 Å². The van der Waals surface area contributed by atoms with Crippen molar-refractivity contribution in [2.24, 2.45) is 0 Å². The first-order valence-corrected chi connectivity index (χ1v) is 6.29. The zero-order chi connectivity index (χ0) is 13.7. The number of anilines is 2. The van der Waals surface area contributed by atoms with Crippen LogP contribution in [-0.2, 0) is 0 Å². The van der Waals surface area contributed by atoms with Crippen molar-refractivity contribution in [2.75, 3.05) is 30.9 Å². The number of nitrogens with one attached hydrogen (secondary N) is 1. The second kappa shape index (κ2) is 6.08. The Bertz CT molecular complexity index is 526. The molecule has 19 heavy (non-hydrogen) atoms.